The number of hydrogen-bond donors (Lipinski definition) is 2. The number of ether oxygens (including phenoxy) is 1. The lowest BCUT2D eigenvalue weighted by Crippen LogP contribution is -2.31. The number of aliphatic carboxylic acids is 1. The molecule has 2 aliphatic rings. The minimum atomic E-state index is -5.08. The summed E-state index contributed by atoms with van der Waals surface area (Å²) >= 11 is 6.25. The van der Waals surface area contributed by atoms with Crippen LogP contribution in [0.3, 0.4) is 0 Å². The lowest BCUT2D eigenvalue weighted by molar-refractivity contribution is -0.192. The quantitative estimate of drug-likeness (QED) is 0.253. The van der Waals surface area contributed by atoms with E-state index in [2.05, 4.69) is 41.7 Å². The first-order valence-electron chi connectivity index (χ1n) is 12.4. The molecule has 0 bridgehead atoms. The molecular weight excluding hydrogens is 565 g/mol. The number of rotatable bonds is 11. The molecule has 0 saturated heterocycles. The number of benzene rings is 1. The summed E-state index contributed by atoms with van der Waals surface area (Å²) in [4.78, 5) is 8.90. The summed E-state index contributed by atoms with van der Waals surface area (Å²) < 4.78 is 63.4. The summed E-state index contributed by atoms with van der Waals surface area (Å²) in [6.07, 6.45) is 7.80. The number of carboxylic acids is 1. The van der Waals surface area contributed by atoms with Gasteiger partial charge in [0.25, 0.3) is 0 Å². The fourth-order valence-electron chi connectivity index (χ4n) is 4.31. The van der Waals surface area contributed by atoms with Crippen LogP contribution in [-0.4, -0.2) is 56.3 Å². The maximum absolute atomic E-state index is 12.7. The third-order valence-electron chi connectivity index (χ3n) is 6.37. The van der Waals surface area contributed by atoms with Crippen LogP contribution in [-0.2, 0) is 4.79 Å². The molecule has 1 unspecified atom stereocenters. The Morgan fingerprint density at radius 2 is 1.93 bits per heavy atom. The zero-order valence-electron chi connectivity index (χ0n) is 21.1. The maximum atomic E-state index is 12.7. The van der Waals surface area contributed by atoms with Crippen LogP contribution in [0.4, 0.5) is 22.0 Å². The van der Waals surface area contributed by atoms with Crippen molar-refractivity contribution in [1.29, 1.82) is 0 Å². The van der Waals surface area contributed by atoms with E-state index in [1.165, 1.54) is 12.5 Å². The molecule has 218 valence electrons. The number of nitrogens with one attached hydrogen (secondary N) is 1. The van der Waals surface area contributed by atoms with Crippen molar-refractivity contribution < 1.29 is 36.6 Å². The first-order chi connectivity index (χ1) is 19.0. The van der Waals surface area contributed by atoms with Gasteiger partial charge in [0, 0.05) is 25.8 Å². The zero-order valence-corrected chi connectivity index (χ0v) is 21.9. The van der Waals surface area contributed by atoms with Gasteiger partial charge in [-0.05, 0) is 41.0 Å². The Morgan fingerprint density at radius 1 is 1.25 bits per heavy atom. The summed E-state index contributed by atoms with van der Waals surface area (Å²) in [5, 5.41) is 31.6. The molecule has 2 N–H and O–H groups in total. The summed E-state index contributed by atoms with van der Waals surface area (Å²) in [5.41, 5.74) is 0.321. The molecule has 1 fully saturated rings. The fraction of sp³-hybridized carbons (Fsp3) is 0.583. The minimum Gasteiger partial charge on any atom is -0.475 e. The number of tetrazole rings is 1. The highest BCUT2D eigenvalue weighted by molar-refractivity contribution is 6.32. The summed E-state index contributed by atoms with van der Waals surface area (Å²) in [7, 11) is 0. The number of halogens is 6. The molecule has 1 aliphatic heterocycles. The molecule has 1 atom stereocenters. The van der Waals surface area contributed by atoms with Gasteiger partial charge in [-0.25, -0.2) is 9.48 Å². The van der Waals surface area contributed by atoms with Crippen molar-refractivity contribution in [2.75, 3.05) is 6.54 Å². The van der Waals surface area contributed by atoms with E-state index in [9.17, 15) is 22.0 Å². The highest BCUT2D eigenvalue weighted by Gasteiger charge is 2.39. The minimum absolute atomic E-state index is 0.0788. The number of aromatic nitrogens is 4. The van der Waals surface area contributed by atoms with E-state index >= 15 is 0 Å². The SMILES string of the molecule is C#CCCC1(CCNC(c2ccc(OC(F)F)c(Cl)c2)c2nnnn2C2CCCCC2)N=N1.O=C(O)C(F)(F)F. The topological polar surface area (TPSA) is 127 Å². The fourth-order valence-corrected chi connectivity index (χ4v) is 4.54. The predicted octanol–water partition coefficient (Wildman–Crippen LogP) is 5.71. The van der Waals surface area contributed by atoms with Gasteiger partial charge in [0.1, 0.15) is 5.75 Å². The number of hydrogen-bond acceptors (Lipinski definition) is 8. The first-order valence-corrected chi connectivity index (χ1v) is 12.8. The third-order valence-corrected chi connectivity index (χ3v) is 6.67. The van der Waals surface area contributed by atoms with E-state index in [-0.39, 0.29) is 16.8 Å². The first kappa shape index (κ1) is 31.2. The van der Waals surface area contributed by atoms with E-state index < -0.39 is 30.5 Å². The Balaban J connectivity index is 0.000000559. The van der Waals surface area contributed by atoms with Crippen LogP contribution < -0.4 is 10.1 Å². The molecule has 16 heteroatoms. The van der Waals surface area contributed by atoms with Crippen LogP contribution in [0.15, 0.2) is 28.4 Å². The molecule has 1 aromatic heterocycles. The van der Waals surface area contributed by atoms with E-state index in [0.29, 0.717) is 31.6 Å². The molecule has 2 aromatic rings. The number of nitrogens with zero attached hydrogens (tertiary/aromatic N) is 6. The molecule has 0 radical (unpaired) electrons. The molecule has 1 aromatic carbocycles. The van der Waals surface area contributed by atoms with Crippen molar-refractivity contribution in [3.63, 3.8) is 0 Å². The average molecular weight is 592 g/mol. The third kappa shape index (κ3) is 8.82. The van der Waals surface area contributed by atoms with Crippen LogP contribution in [0.1, 0.15) is 74.8 Å². The summed E-state index contributed by atoms with van der Waals surface area (Å²) in [5.74, 6) is 0.449. The van der Waals surface area contributed by atoms with Crippen LogP contribution in [0.2, 0.25) is 5.02 Å². The molecule has 1 aliphatic carbocycles. The molecule has 40 heavy (non-hydrogen) atoms. The smallest absolute Gasteiger partial charge is 0.475 e. The Bertz CT molecular complexity index is 1210. The largest absolute Gasteiger partial charge is 0.490 e. The van der Waals surface area contributed by atoms with Gasteiger partial charge in [0.15, 0.2) is 11.5 Å². The molecule has 0 amide bonds. The van der Waals surface area contributed by atoms with E-state index in [1.807, 2.05) is 4.68 Å². The second-order valence-corrected chi connectivity index (χ2v) is 9.58. The highest BCUT2D eigenvalue weighted by atomic mass is 35.5. The van der Waals surface area contributed by atoms with Crippen molar-refractivity contribution in [3.05, 3.63) is 34.6 Å². The summed E-state index contributed by atoms with van der Waals surface area (Å²) in [6, 6.07) is 4.56. The van der Waals surface area contributed by atoms with Gasteiger partial charge in [0.2, 0.25) is 0 Å². The summed E-state index contributed by atoms with van der Waals surface area (Å²) in [6.45, 7) is -2.38. The van der Waals surface area contributed by atoms with Gasteiger partial charge in [0.05, 0.1) is 17.1 Å². The molecule has 0 spiro atoms. The van der Waals surface area contributed by atoms with Crippen LogP contribution in [0, 0.1) is 12.3 Å². The van der Waals surface area contributed by atoms with Crippen molar-refractivity contribution in [3.8, 4) is 18.1 Å². The van der Waals surface area contributed by atoms with E-state index in [0.717, 1.165) is 31.2 Å². The van der Waals surface area contributed by atoms with Gasteiger partial charge < -0.3 is 15.2 Å². The molecule has 2 heterocycles. The lowest BCUT2D eigenvalue weighted by Gasteiger charge is -2.26. The Labute approximate surface area is 231 Å². The van der Waals surface area contributed by atoms with E-state index in [1.54, 1.807) is 12.1 Å². The van der Waals surface area contributed by atoms with E-state index in [4.69, 9.17) is 27.9 Å². The second-order valence-electron chi connectivity index (χ2n) is 9.17. The Hall–Kier alpha value is -3.38. The molecule has 4 rings (SSSR count). The lowest BCUT2D eigenvalue weighted by atomic mass is 9.95. The van der Waals surface area contributed by atoms with Crippen LogP contribution in [0.5, 0.6) is 5.75 Å². The van der Waals surface area contributed by atoms with Gasteiger partial charge in [-0.1, -0.05) is 36.9 Å². The number of carboxylic acid groups (broad SMARTS) is 1. The predicted molar refractivity (Wildman–Crippen MR) is 132 cm³/mol. The Kier molecular flexibility index (Phi) is 10.7. The van der Waals surface area contributed by atoms with Crippen molar-refractivity contribution in [1.82, 2.24) is 25.5 Å². The van der Waals surface area contributed by atoms with Crippen molar-refractivity contribution in [2.45, 2.75) is 81.9 Å². The van der Waals surface area contributed by atoms with Crippen LogP contribution in [0.25, 0.3) is 0 Å². The molecule has 10 nitrogen and oxygen atoms in total. The van der Waals surface area contributed by atoms with Gasteiger partial charge in [-0.2, -0.15) is 32.2 Å². The standard InChI is InChI=1S/C22H26ClF2N7O.C2HF3O2/c1-2-3-11-22(28-29-22)12-13-26-19(15-9-10-18(17(23)14-15)33-21(24)25)20-27-30-31-32(20)16-7-5-4-6-8-16;3-2(4,5)1(6)7/h1,9-10,14,16,19,21,26H,3-8,11-13H2;(H,6,7). The monoisotopic (exact) mass is 591 g/mol. The number of carbonyl (C=O) groups is 1. The van der Waals surface area contributed by atoms with Crippen LogP contribution >= 0.6 is 11.6 Å². The van der Waals surface area contributed by atoms with Gasteiger partial charge in [-0.3, -0.25) is 0 Å². The average Bonchev–Trinajstić information content (AvgIpc) is 3.51. The molecular formula is C24H27ClF5N7O3. The highest BCUT2D eigenvalue weighted by Crippen LogP contribution is 2.37. The maximum Gasteiger partial charge on any atom is 0.490 e. The Morgan fingerprint density at radius 3 is 2.48 bits per heavy atom. The number of alkyl halides is 5. The van der Waals surface area contributed by atoms with Gasteiger partial charge in [-0.15, -0.1) is 17.4 Å². The van der Waals surface area contributed by atoms with Crippen molar-refractivity contribution in [2.24, 2.45) is 10.2 Å². The zero-order chi connectivity index (χ0) is 29.3. The van der Waals surface area contributed by atoms with Gasteiger partial charge >= 0.3 is 18.8 Å². The van der Waals surface area contributed by atoms with Crippen molar-refractivity contribution >= 4 is 17.6 Å². The normalized spacial score (nSPS) is 17.1. The second kappa shape index (κ2) is 13.8. The molecule has 1 saturated carbocycles. The number of terminal acetylenes is 1.